The first-order valence-electron chi connectivity index (χ1n) is 10.6. The number of carbonyl (C=O) groups excluding carboxylic acids is 2. The molecule has 2 unspecified atom stereocenters. The molecule has 1 heterocycles. The second-order valence-corrected chi connectivity index (χ2v) is 12.3. The molecule has 4 rings (SSSR count). The van der Waals surface area contributed by atoms with Gasteiger partial charge < -0.3 is 10.2 Å². The lowest BCUT2D eigenvalue weighted by molar-refractivity contribution is -0.171. The highest BCUT2D eigenvalue weighted by molar-refractivity contribution is 9.10. The summed E-state index contributed by atoms with van der Waals surface area (Å²) < 4.78 is 94.1. The van der Waals surface area contributed by atoms with Crippen LogP contribution in [0.25, 0.3) is 0 Å². The Hall–Kier alpha value is -2.27. The molecule has 0 aromatic heterocycles. The van der Waals surface area contributed by atoms with Gasteiger partial charge >= 0.3 is 6.18 Å². The van der Waals surface area contributed by atoms with Crippen LogP contribution in [0.2, 0.25) is 0 Å². The molecule has 35 heavy (non-hydrogen) atoms. The molecule has 1 aromatic carbocycles. The number of amides is 2. The maximum atomic E-state index is 13.6. The predicted molar refractivity (Wildman–Crippen MR) is 114 cm³/mol. The molecular formula is C21H19BrF5N3O4S. The Morgan fingerprint density at radius 3 is 2.26 bits per heavy atom. The Kier molecular flexibility index (Phi) is 6.19. The number of sulfone groups is 1. The van der Waals surface area contributed by atoms with Gasteiger partial charge in [0.05, 0.1) is 46.7 Å². The number of rotatable bonds is 5. The summed E-state index contributed by atoms with van der Waals surface area (Å²) in [5.74, 6) is -7.38. The summed E-state index contributed by atoms with van der Waals surface area (Å²) in [6, 6.07) is 4.49. The first-order valence-corrected chi connectivity index (χ1v) is 12.9. The smallest absolute Gasteiger partial charge is 0.338 e. The second kappa shape index (κ2) is 8.40. The zero-order valence-electron chi connectivity index (χ0n) is 17.9. The molecule has 14 heteroatoms. The standard InChI is InChI=1S/C21H19BrF5N3O4S/c22-11-1-2-16(15(5-11)21(25,26)27)35(33,34)12-6-13(17(31)29-19(8-28)3-4-19)14(7-12)18(32)30-9-20(23,24)10-30/h1-2,5,12-14H,3-4,6-7,9-10H2,(H,29,31)/t12?,13-,14?/m1/s1. The van der Waals surface area contributed by atoms with Gasteiger partial charge in [-0.25, -0.2) is 17.2 Å². The molecule has 3 atom stereocenters. The molecule has 3 aliphatic rings. The molecule has 0 radical (unpaired) electrons. The third-order valence-electron chi connectivity index (χ3n) is 6.65. The van der Waals surface area contributed by atoms with E-state index in [1.54, 1.807) is 0 Å². The van der Waals surface area contributed by atoms with E-state index in [1.807, 2.05) is 6.07 Å². The number of hydrogen-bond donors (Lipinski definition) is 1. The van der Waals surface area contributed by atoms with E-state index >= 15 is 0 Å². The maximum absolute atomic E-state index is 13.6. The number of nitrogens with one attached hydrogen (secondary N) is 1. The number of carbonyl (C=O) groups is 2. The van der Waals surface area contributed by atoms with Crippen molar-refractivity contribution in [2.45, 2.75) is 53.5 Å². The summed E-state index contributed by atoms with van der Waals surface area (Å²) in [7, 11) is -4.68. The van der Waals surface area contributed by atoms with E-state index in [0.29, 0.717) is 18.9 Å². The lowest BCUT2D eigenvalue weighted by atomic mass is 9.92. The minimum absolute atomic E-state index is 0.00505. The van der Waals surface area contributed by atoms with Crippen molar-refractivity contribution in [3.63, 3.8) is 0 Å². The molecule has 2 saturated carbocycles. The average Bonchev–Trinajstić information content (AvgIpc) is 3.35. The van der Waals surface area contributed by atoms with E-state index in [0.717, 1.165) is 17.0 Å². The fourth-order valence-corrected chi connectivity index (χ4v) is 6.96. The fourth-order valence-electron chi connectivity index (χ4n) is 4.58. The highest BCUT2D eigenvalue weighted by Crippen LogP contribution is 2.45. The number of alkyl halides is 5. The predicted octanol–water partition coefficient (Wildman–Crippen LogP) is 3.29. The SMILES string of the molecule is N#CC1(NC(=O)[C@@H]2CC(S(=O)(=O)c3ccc(Br)cc3C(F)(F)F)CC2C(=O)N2CC(F)(F)C2)CC1. The first kappa shape index (κ1) is 25.8. The summed E-state index contributed by atoms with van der Waals surface area (Å²) in [6.07, 6.45) is -5.27. The number of benzene rings is 1. The van der Waals surface area contributed by atoms with Gasteiger partial charge in [0.2, 0.25) is 11.8 Å². The van der Waals surface area contributed by atoms with E-state index in [1.165, 1.54) is 0 Å². The van der Waals surface area contributed by atoms with E-state index in [-0.39, 0.29) is 4.47 Å². The highest BCUT2D eigenvalue weighted by atomic mass is 79.9. The molecule has 1 N–H and O–H groups in total. The summed E-state index contributed by atoms with van der Waals surface area (Å²) in [4.78, 5) is 25.7. The number of hydrogen-bond acceptors (Lipinski definition) is 5. The van der Waals surface area contributed by atoms with E-state index in [9.17, 15) is 45.2 Å². The van der Waals surface area contributed by atoms with Gasteiger partial charge in [0.1, 0.15) is 5.54 Å². The van der Waals surface area contributed by atoms with Gasteiger partial charge in [0.15, 0.2) is 9.84 Å². The molecule has 1 aliphatic heterocycles. The van der Waals surface area contributed by atoms with Gasteiger partial charge in [-0.2, -0.15) is 18.4 Å². The lowest BCUT2D eigenvalue weighted by Crippen LogP contribution is -2.60. The minimum Gasteiger partial charge on any atom is -0.338 e. The van der Waals surface area contributed by atoms with Crippen molar-refractivity contribution in [3.05, 3.63) is 28.2 Å². The lowest BCUT2D eigenvalue weighted by Gasteiger charge is -2.40. The fraction of sp³-hybridized carbons (Fsp3) is 0.571. The molecule has 2 amide bonds. The molecule has 1 aromatic rings. The van der Waals surface area contributed by atoms with E-state index in [2.05, 4.69) is 21.2 Å². The summed E-state index contributed by atoms with van der Waals surface area (Å²) in [5.41, 5.74) is -2.54. The van der Waals surface area contributed by atoms with E-state index < -0.39 is 92.8 Å². The van der Waals surface area contributed by atoms with Crippen LogP contribution in [0.5, 0.6) is 0 Å². The maximum Gasteiger partial charge on any atom is 0.417 e. The van der Waals surface area contributed by atoms with Crippen molar-refractivity contribution in [1.82, 2.24) is 10.2 Å². The van der Waals surface area contributed by atoms with Gasteiger partial charge in [-0.05, 0) is 43.9 Å². The molecule has 0 spiro atoms. The van der Waals surface area contributed by atoms with Crippen LogP contribution in [-0.4, -0.2) is 54.9 Å². The van der Waals surface area contributed by atoms with Crippen molar-refractivity contribution >= 4 is 37.6 Å². The normalized spacial score (nSPS) is 27.0. The Bertz CT molecular complexity index is 1220. The molecule has 7 nitrogen and oxygen atoms in total. The highest BCUT2D eigenvalue weighted by Gasteiger charge is 2.55. The third kappa shape index (κ3) is 4.89. The average molecular weight is 584 g/mol. The van der Waals surface area contributed by atoms with Crippen LogP contribution in [0, 0.1) is 23.2 Å². The Balaban J connectivity index is 1.66. The Labute approximate surface area is 205 Å². The second-order valence-electron chi connectivity index (χ2n) is 9.22. The molecule has 2 aliphatic carbocycles. The van der Waals surface area contributed by atoms with Gasteiger partial charge in [-0.15, -0.1) is 0 Å². The quantitative estimate of drug-likeness (QED) is 0.535. The molecule has 190 valence electrons. The number of likely N-dealkylation sites (tertiary alicyclic amines) is 1. The van der Waals surface area contributed by atoms with Crippen LogP contribution in [0.4, 0.5) is 22.0 Å². The van der Waals surface area contributed by atoms with Crippen LogP contribution < -0.4 is 5.32 Å². The Morgan fingerprint density at radius 2 is 1.74 bits per heavy atom. The summed E-state index contributed by atoms with van der Waals surface area (Å²) >= 11 is 2.89. The van der Waals surface area contributed by atoms with E-state index in [4.69, 9.17) is 0 Å². The van der Waals surface area contributed by atoms with Crippen molar-refractivity contribution in [1.29, 1.82) is 5.26 Å². The minimum atomic E-state index is -4.99. The molecule has 3 fully saturated rings. The van der Waals surface area contributed by atoms with Crippen LogP contribution in [-0.2, 0) is 25.6 Å². The number of nitrogens with zero attached hydrogens (tertiary/aromatic N) is 2. The van der Waals surface area contributed by atoms with Crippen LogP contribution in [0.1, 0.15) is 31.2 Å². The van der Waals surface area contributed by atoms with Crippen molar-refractivity contribution in [2.24, 2.45) is 11.8 Å². The largest absolute Gasteiger partial charge is 0.417 e. The van der Waals surface area contributed by atoms with Crippen LogP contribution >= 0.6 is 15.9 Å². The van der Waals surface area contributed by atoms with Crippen LogP contribution in [0.15, 0.2) is 27.6 Å². The summed E-state index contributed by atoms with van der Waals surface area (Å²) in [5, 5.41) is 10.2. The zero-order chi connectivity index (χ0) is 26.0. The van der Waals surface area contributed by atoms with Crippen LogP contribution in [0.3, 0.4) is 0 Å². The van der Waals surface area contributed by atoms with Gasteiger partial charge in [-0.1, -0.05) is 15.9 Å². The third-order valence-corrected chi connectivity index (χ3v) is 9.37. The van der Waals surface area contributed by atoms with Crippen molar-refractivity contribution < 1.29 is 40.0 Å². The first-order chi connectivity index (χ1) is 16.1. The monoisotopic (exact) mass is 583 g/mol. The van der Waals surface area contributed by atoms with Crippen molar-refractivity contribution in [3.8, 4) is 6.07 Å². The topological polar surface area (TPSA) is 107 Å². The van der Waals surface area contributed by atoms with Gasteiger partial charge in [0, 0.05) is 4.47 Å². The number of halogens is 6. The zero-order valence-corrected chi connectivity index (χ0v) is 20.3. The van der Waals surface area contributed by atoms with Gasteiger partial charge in [0.25, 0.3) is 5.92 Å². The van der Waals surface area contributed by atoms with Gasteiger partial charge in [-0.3, -0.25) is 9.59 Å². The molecule has 0 bridgehead atoms. The van der Waals surface area contributed by atoms with Crippen molar-refractivity contribution in [2.75, 3.05) is 13.1 Å². The molecular weight excluding hydrogens is 565 g/mol. The summed E-state index contributed by atoms with van der Waals surface area (Å²) in [6.45, 7) is -1.78. The molecule has 1 saturated heterocycles. The Morgan fingerprint density at radius 1 is 1.14 bits per heavy atom. The number of nitriles is 1.